The molecule has 5 N–H and O–H groups in total. The molecule has 2 rings (SSSR count). The van der Waals surface area contributed by atoms with Crippen LogP contribution in [0, 0.1) is 0 Å². The lowest BCUT2D eigenvalue weighted by Gasteiger charge is -2.29. The van der Waals surface area contributed by atoms with E-state index in [0.29, 0.717) is 11.9 Å². The van der Waals surface area contributed by atoms with Crippen molar-refractivity contribution in [2.75, 3.05) is 10.7 Å². The molecule has 0 aliphatic heterocycles. The summed E-state index contributed by atoms with van der Waals surface area (Å²) in [6.45, 7) is 5.36. The summed E-state index contributed by atoms with van der Waals surface area (Å²) in [7, 11) is 0. The third-order valence-corrected chi connectivity index (χ3v) is 2.94. The van der Waals surface area contributed by atoms with Gasteiger partial charge in [0.15, 0.2) is 0 Å². The Kier molecular flexibility index (Phi) is 3.81. The summed E-state index contributed by atoms with van der Waals surface area (Å²) in [5.74, 6) is 6.17. The van der Waals surface area contributed by atoms with Crippen LogP contribution in [-0.4, -0.2) is 41.5 Å². The predicted molar refractivity (Wildman–Crippen MR) is 74.1 cm³/mol. The number of aliphatic hydroxyl groups is 1. The molecule has 9 nitrogen and oxygen atoms in total. The van der Waals surface area contributed by atoms with Crippen molar-refractivity contribution in [1.29, 1.82) is 0 Å². The molecule has 2 aromatic rings. The fourth-order valence-corrected chi connectivity index (χ4v) is 1.37. The molecule has 0 bridgehead atoms. The van der Waals surface area contributed by atoms with Gasteiger partial charge in [0, 0.05) is 12.4 Å². The number of nitrogen functional groups attached to an aromatic ring is 1. The Hall–Kier alpha value is -2.26. The summed E-state index contributed by atoms with van der Waals surface area (Å²) in [5, 5.41) is 16.8. The van der Waals surface area contributed by atoms with Crippen LogP contribution in [0.1, 0.15) is 20.8 Å². The Morgan fingerprint density at radius 1 is 1.30 bits per heavy atom. The molecule has 108 valence electrons. The Balaban J connectivity index is 2.36. The van der Waals surface area contributed by atoms with Gasteiger partial charge >= 0.3 is 0 Å². The van der Waals surface area contributed by atoms with Crippen LogP contribution in [0.25, 0.3) is 5.95 Å². The molecule has 1 unspecified atom stereocenters. The third kappa shape index (κ3) is 3.00. The van der Waals surface area contributed by atoms with E-state index in [4.69, 9.17) is 5.84 Å². The smallest absolute Gasteiger partial charge is 0.257 e. The van der Waals surface area contributed by atoms with Gasteiger partial charge in [-0.3, -0.25) is 5.43 Å². The van der Waals surface area contributed by atoms with Crippen LogP contribution in [0.15, 0.2) is 18.5 Å². The molecule has 0 saturated carbocycles. The first-order valence-corrected chi connectivity index (χ1v) is 6.11. The molecule has 9 heteroatoms. The van der Waals surface area contributed by atoms with Crippen molar-refractivity contribution in [3.63, 3.8) is 0 Å². The van der Waals surface area contributed by atoms with E-state index >= 15 is 0 Å². The first kappa shape index (κ1) is 14.2. The zero-order chi connectivity index (χ0) is 14.8. The number of hydrogen-bond donors (Lipinski definition) is 4. The molecule has 2 heterocycles. The summed E-state index contributed by atoms with van der Waals surface area (Å²) < 4.78 is 1.49. The van der Waals surface area contributed by atoms with Crippen LogP contribution in [0.5, 0.6) is 0 Å². The molecule has 0 amide bonds. The summed E-state index contributed by atoms with van der Waals surface area (Å²) in [4.78, 5) is 12.5. The van der Waals surface area contributed by atoms with Crippen LogP contribution in [0.2, 0.25) is 0 Å². The van der Waals surface area contributed by atoms with Crippen LogP contribution < -0.4 is 16.6 Å². The molecule has 0 fully saturated rings. The molecule has 1 atom stereocenters. The van der Waals surface area contributed by atoms with E-state index in [1.165, 1.54) is 4.68 Å². The Bertz CT molecular complexity index is 566. The van der Waals surface area contributed by atoms with Crippen molar-refractivity contribution >= 4 is 11.9 Å². The SMILES string of the molecule is CC(O)C(C)(C)Nc1nc(NN)nc(-n2cccn2)n1. The topological polar surface area (TPSA) is 127 Å². The monoisotopic (exact) mass is 278 g/mol. The van der Waals surface area contributed by atoms with Crippen LogP contribution in [0.3, 0.4) is 0 Å². The number of rotatable bonds is 5. The number of aromatic nitrogens is 5. The van der Waals surface area contributed by atoms with Gasteiger partial charge in [-0.15, -0.1) is 0 Å². The number of anilines is 2. The lowest BCUT2D eigenvalue weighted by molar-refractivity contribution is 0.132. The highest BCUT2D eigenvalue weighted by Gasteiger charge is 2.25. The fraction of sp³-hybridized carbons (Fsp3) is 0.455. The minimum Gasteiger partial charge on any atom is -0.391 e. The van der Waals surface area contributed by atoms with Crippen LogP contribution >= 0.6 is 0 Å². The van der Waals surface area contributed by atoms with Gasteiger partial charge in [0.2, 0.25) is 11.9 Å². The van der Waals surface area contributed by atoms with Crippen molar-refractivity contribution in [3.05, 3.63) is 18.5 Å². The molecular weight excluding hydrogens is 260 g/mol. The number of hydrogen-bond acceptors (Lipinski definition) is 8. The van der Waals surface area contributed by atoms with Crippen molar-refractivity contribution in [2.45, 2.75) is 32.4 Å². The zero-order valence-corrected chi connectivity index (χ0v) is 11.6. The van der Waals surface area contributed by atoms with Crippen molar-refractivity contribution in [3.8, 4) is 5.95 Å². The maximum Gasteiger partial charge on any atom is 0.257 e. The summed E-state index contributed by atoms with van der Waals surface area (Å²) >= 11 is 0. The standard InChI is InChI=1S/C11H18N8O/c1-7(20)11(2,3)17-8-14-9(18-12)16-10(15-8)19-6-4-5-13-19/h4-7,20H,12H2,1-3H3,(H2,14,15,16,17,18). The molecule has 0 spiro atoms. The second-order valence-electron chi connectivity index (χ2n) is 4.90. The van der Waals surface area contributed by atoms with Crippen molar-refractivity contribution < 1.29 is 5.11 Å². The quantitative estimate of drug-likeness (QED) is 0.441. The Morgan fingerprint density at radius 3 is 2.55 bits per heavy atom. The van der Waals surface area contributed by atoms with Crippen molar-refractivity contribution in [2.24, 2.45) is 5.84 Å². The second-order valence-corrected chi connectivity index (χ2v) is 4.90. The summed E-state index contributed by atoms with van der Waals surface area (Å²) in [6.07, 6.45) is 2.73. The lowest BCUT2D eigenvalue weighted by atomic mass is 9.99. The first-order valence-electron chi connectivity index (χ1n) is 6.11. The number of nitrogens with zero attached hydrogens (tertiary/aromatic N) is 5. The molecular formula is C11H18N8O. The highest BCUT2D eigenvalue weighted by Crippen LogP contribution is 2.16. The van der Waals surface area contributed by atoms with E-state index in [0.717, 1.165) is 0 Å². The van der Waals surface area contributed by atoms with Gasteiger partial charge in [0.05, 0.1) is 11.6 Å². The fourth-order valence-electron chi connectivity index (χ4n) is 1.37. The molecule has 0 radical (unpaired) electrons. The predicted octanol–water partition coefficient (Wildman–Crippen LogP) is -0.0858. The molecule has 0 aliphatic carbocycles. The van der Waals surface area contributed by atoms with Crippen LogP contribution in [0.4, 0.5) is 11.9 Å². The first-order chi connectivity index (χ1) is 9.42. The highest BCUT2D eigenvalue weighted by atomic mass is 16.3. The normalized spacial score (nSPS) is 13.1. The Morgan fingerprint density at radius 2 is 2.00 bits per heavy atom. The van der Waals surface area contributed by atoms with Gasteiger partial charge in [-0.25, -0.2) is 10.5 Å². The van der Waals surface area contributed by atoms with Gasteiger partial charge in [-0.1, -0.05) is 0 Å². The number of hydrazine groups is 1. The molecule has 20 heavy (non-hydrogen) atoms. The third-order valence-electron chi connectivity index (χ3n) is 2.94. The minimum absolute atomic E-state index is 0.203. The van der Waals surface area contributed by atoms with Gasteiger partial charge < -0.3 is 10.4 Å². The molecule has 2 aromatic heterocycles. The van der Waals surface area contributed by atoms with Crippen molar-refractivity contribution in [1.82, 2.24) is 24.7 Å². The van der Waals surface area contributed by atoms with E-state index in [1.807, 2.05) is 13.8 Å². The number of aliphatic hydroxyl groups excluding tert-OH is 1. The van der Waals surface area contributed by atoms with E-state index in [2.05, 4.69) is 30.8 Å². The average Bonchev–Trinajstić information content (AvgIpc) is 2.91. The zero-order valence-electron chi connectivity index (χ0n) is 11.6. The van der Waals surface area contributed by atoms with Gasteiger partial charge in [-0.2, -0.15) is 20.1 Å². The number of nitrogens with two attached hydrogens (primary N) is 1. The van der Waals surface area contributed by atoms with Gasteiger partial charge in [0.25, 0.3) is 5.95 Å². The highest BCUT2D eigenvalue weighted by molar-refractivity contribution is 5.38. The van der Waals surface area contributed by atoms with E-state index in [-0.39, 0.29) is 5.95 Å². The lowest BCUT2D eigenvalue weighted by Crippen LogP contribution is -2.42. The molecule has 0 aliphatic rings. The Labute approximate surface area is 116 Å². The minimum atomic E-state index is -0.603. The van der Waals surface area contributed by atoms with E-state index < -0.39 is 11.6 Å². The summed E-state index contributed by atoms with van der Waals surface area (Å²) in [6, 6.07) is 1.76. The van der Waals surface area contributed by atoms with Gasteiger partial charge in [0.1, 0.15) is 0 Å². The molecule has 0 saturated heterocycles. The largest absolute Gasteiger partial charge is 0.391 e. The van der Waals surface area contributed by atoms with Gasteiger partial charge in [-0.05, 0) is 26.8 Å². The molecule has 0 aromatic carbocycles. The second kappa shape index (κ2) is 5.39. The summed E-state index contributed by atoms with van der Waals surface area (Å²) in [5.41, 5.74) is 1.78. The maximum atomic E-state index is 9.73. The maximum absolute atomic E-state index is 9.73. The average molecular weight is 278 g/mol. The number of nitrogens with one attached hydrogen (secondary N) is 2. The van der Waals surface area contributed by atoms with E-state index in [9.17, 15) is 5.11 Å². The van der Waals surface area contributed by atoms with E-state index in [1.54, 1.807) is 25.4 Å². The van der Waals surface area contributed by atoms with Crippen LogP contribution in [-0.2, 0) is 0 Å².